The predicted octanol–water partition coefficient (Wildman–Crippen LogP) is 8.17. The Balaban J connectivity index is 1.66. The van der Waals surface area contributed by atoms with Crippen LogP contribution in [0.5, 0.6) is 0 Å². The lowest BCUT2D eigenvalue weighted by molar-refractivity contribution is -0.163. The minimum Gasteiger partial charge on any atom is -0.456 e. The summed E-state index contributed by atoms with van der Waals surface area (Å²) in [6.45, 7) is 14.2. The maximum Gasteiger partial charge on any atom is 0.311 e. The van der Waals surface area contributed by atoms with Crippen molar-refractivity contribution in [3.05, 3.63) is 106 Å². The SMILES string of the molecule is Cc1cc(C)c(CN(Cc2ccccc2C)[C@@H](C)[C@H](OC(=O)C(C)C(O)C2CCCCC2)c2ccccc2)c(C)c1. The molecule has 3 aromatic carbocycles. The number of esters is 1. The van der Waals surface area contributed by atoms with Crippen LogP contribution in [0.2, 0.25) is 0 Å². The first-order valence-corrected chi connectivity index (χ1v) is 15.4. The summed E-state index contributed by atoms with van der Waals surface area (Å²) in [4.78, 5) is 16.1. The summed E-state index contributed by atoms with van der Waals surface area (Å²) in [7, 11) is 0. The van der Waals surface area contributed by atoms with E-state index in [1.54, 1.807) is 0 Å². The lowest BCUT2D eigenvalue weighted by Crippen LogP contribution is -2.41. The Labute approximate surface area is 247 Å². The van der Waals surface area contributed by atoms with Crippen molar-refractivity contribution in [2.75, 3.05) is 0 Å². The van der Waals surface area contributed by atoms with E-state index in [0.29, 0.717) is 0 Å². The normalized spacial score (nSPS) is 17.2. The summed E-state index contributed by atoms with van der Waals surface area (Å²) < 4.78 is 6.40. The van der Waals surface area contributed by atoms with Gasteiger partial charge in [-0.25, -0.2) is 0 Å². The molecule has 220 valence electrons. The van der Waals surface area contributed by atoms with Crippen LogP contribution in [0.4, 0.5) is 0 Å². The molecule has 0 amide bonds. The van der Waals surface area contributed by atoms with E-state index >= 15 is 0 Å². The quantitative estimate of drug-likeness (QED) is 0.242. The van der Waals surface area contributed by atoms with Gasteiger partial charge in [0.15, 0.2) is 0 Å². The van der Waals surface area contributed by atoms with Crippen molar-refractivity contribution >= 4 is 5.97 Å². The second-order valence-electron chi connectivity index (χ2n) is 12.4. The third kappa shape index (κ3) is 7.87. The Morgan fingerprint density at radius 2 is 1.46 bits per heavy atom. The predicted molar refractivity (Wildman–Crippen MR) is 168 cm³/mol. The van der Waals surface area contributed by atoms with E-state index in [1.165, 1.54) is 39.8 Å². The molecule has 4 rings (SSSR count). The highest BCUT2D eigenvalue weighted by molar-refractivity contribution is 5.73. The Kier molecular flexibility index (Phi) is 10.8. The summed E-state index contributed by atoms with van der Waals surface area (Å²) in [5, 5.41) is 11.1. The third-order valence-corrected chi connectivity index (χ3v) is 9.24. The van der Waals surface area contributed by atoms with Crippen LogP contribution in [0.15, 0.2) is 66.7 Å². The van der Waals surface area contributed by atoms with E-state index in [1.807, 2.05) is 37.3 Å². The number of carbonyl (C=O) groups excluding carboxylic acids is 1. The van der Waals surface area contributed by atoms with Gasteiger partial charge < -0.3 is 9.84 Å². The molecule has 1 saturated carbocycles. The van der Waals surface area contributed by atoms with Crippen molar-refractivity contribution in [3.63, 3.8) is 0 Å². The molecule has 1 aliphatic rings. The van der Waals surface area contributed by atoms with Gasteiger partial charge in [-0.1, -0.05) is 91.6 Å². The molecular formula is C37H49NO3. The van der Waals surface area contributed by atoms with E-state index in [-0.39, 0.29) is 17.9 Å². The molecule has 2 unspecified atom stereocenters. The standard InChI is InChI=1S/C37H49NO3/c1-25-21-27(3)34(28(4)22-25)24-38(23-33-20-14-13-15-26(33)2)30(6)36(32-18-11-8-12-19-32)41-37(40)29(5)35(39)31-16-9-7-10-17-31/h8,11-15,18-22,29-31,35-36,39H,7,9-10,16-17,23-24H2,1-6H3/t29?,30-,35?,36-/m0/s1. The molecule has 1 aliphatic carbocycles. The minimum absolute atomic E-state index is 0.111. The molecule has 0 heterocycles. The zero-order chi connectivity index (χ0) is 29.5. The van der Waals surface area contributed by atoms with Crippen molar-refractivity contribution < 1.29 is 14.6 Å². The maximum absolute atomic E-state index is 13.7. The molecule has 0 aliphatic heterocycles. The van der Waals surface area contributed by atoms with Crippen molar-refractivity contribution in [2.45, 2.75) is 105 Å². The number of ether oxygens (including phenoxy) is 1. The highest BCUT2D eigenvalue weighted by atomic mass is 16.5. The van der Waals surface area contributed by atoms with E-state index in [2.05, 4.69) is 75.9 Å². The van der Waals surface area contributed by atoms with Crippen molar-refractivity contribution in [2.24, 2.45) is 11.8 Å². The summed E-state index contributed by atoms with van der Waals surface area (Å²) in [6, 6.07) is 23.0. The van der Waals surface area contributed by atoms with E-state index in [9.17, 15) is 9.90 Å². The van der Waals surface area contributed by atoms with Gasteiger partial charge in [-0.2, -0.15) is 0 Å². The van der Waals surface area contributed by atoms with Crippen molar-refractivity contribution in [3.8, 4) is 0 Å². The number of nitrogens with zero attached hydrogens (tertiary/aromatic N) is 1. The molecule has 3 aromatic rings. The first kappa shape index (κ1) is 31.0. The van der Waals surface area contributed by atoms with Gasteiger partial charge in [0.25, 0.3) is 0 Å². The highest BCUT2D eigenvalue weighted by Gasteiger charge is 2.35. The largest absolute Gasteiger partial charge is 0.456 e. The van der Waals surface area contributed by atoms with Crippen LogP contribution in [0.1, 0.15) is 91.0 Å². The Hall–Kier alpha value is -2.95. The van der Waals surface area contributed by atoms with E-state index in [0.717, 1.165) is 44.3 Å². The molecule has 0 saturated heterocycles. The van der Waals surface area contributed by atoms with Gasteiger partial charge in [0.2, 0.25) is 0 Å². The zero-order valence-corrected chi connectivity index (χ0v) is 25.9. The maximum atomic E-state index is 13.7. The van der Waals surface area contributed by atoms with Crippen LogP contribution in [-0.2, 0) is 22.6 Å². The Morgan fingerprint density at radius 1 is 0.854 bits per heavy atom. The first-order valence-electron chi connectivity index (χ1n) is 15.4. The van der Waals surface area contributed by atoms with Crippen LogP contribution in [-0.4, -0.2) is 28.1 Å². The number of aryl methyl sites for hydroxylation is 4. The monoisotopic (exact) mass is 555 g/mol. The number of hydrogen-bond donors (Lipinski definition) is 1. The first-order chi connectivity index (χ1) is 19.7. The zero-order valence-electron chi connectivity index (χ0n) is 25.9. The number of carbonyl (C=O) groups is 1. The molecule has 0 radical (unpaired) electrons. The van der Waals surface area contributed by atoms with Gasteiger partial charge in [0.05, 0.1) is 12.0 Å². The number of hydrogen-bond acceptors (Lipinski definition) is 4. The van der Waals surface area contributed by atoms with Gasteiger partial charge in [-0.15, -0.1) is 0 Å². The van der Waals surface area contributed by atoms with Crippen LogP contribution < -0.4 is 0 Å². The fraction of sp³-hybridized carbons (Fsp3) is 0.486. The van der Waals surface area contributed by atoms with E-state index in [4.69, 9.17) is 4.74 Å². The molecule has 4 nitrogen and oxygen atoms in total. The fourth-order valence-corrected chi connectivity index (χ4v) is 6.55. The van der Waals surface area contributed by atoms with Crippen LogP contribution >= 0.6 is 0 Å². The molecular weight excluding hydrogens is 506 g/mol. The molecule has 1 fully saturated rings. The van der Waals surface area contributed by atoms with Crippen LogP contribution in [0, 0.1) is 39.5 Å². The molecule has 4 heteroatoms. The fourth-order valence-electron chi connectivity index (χ4n) is 6.55. The van der Waals surface area contributed by atoms with Gasteiger partial charge in [-0.3, -0.25) is 9.69 Å². The third-order valence-electron chi connectivity index (χ3n) is 9.24. The van der Waals surface area contributed by atoms with Crippen molar-refractivity contribution in [1.29, 1.82) is 0 Å². The topological polar surface area (TPSA) is 49.8 Å². The molecule has 1 N–H and O–H groups in total. The van der Waals surface area contributed by atoms with Gasteiger partial charge in [-0.05, 0) is 93.7 Å². The molecule has 0 bridgehead atoms. The Bertz CT molecular complexity index is 1260. The number of benzene rings is 3. The second-order valence-corrected chi connectivity index (χ2v) is 12.4. The molecule has 4 atom stereocenters. The minimum atomic E-state index is -0.671. The molecule has 0 spiro atoms. The summed E-state index contributed by atoms with van der Waals surface area (Å²) in [5.74, 6) is -0.714. The summed E-state index contributed by atoms with van der Waals surface area (Å²) in [6.07, 6.45) is 4.28. The van der Waals surface area contributed by atoms with Crippen molar-refractivity contribution in [1.82, 2.24) is 4.90 Å². The number of aliphatic hydroxyl groups is 1. The van der Waals surface area contributed by atoms with Crippen LogP contribution in [0.25, 0.3) is 0 Å². The Morgan fingerprint density at radius 3 is 2.10 bits per heavy atom. The summed E-state index contributed by atoms with van der Waals surface area (Å²) in [5.41, 5.74) is 8.63. The lowest BCUT2D eigenvalue weighted by Gasteiger charge is -2.37. The average Bonchev–Trinajstić information content (AvgIpc) is 2.97. The molecule has 41 heavy (non-hydrogen) atoms. The number of rotatable bonds is 11. The van der Waals surface area contributed by atoms with Gasteiger partial charge in [0.1, 0.15) is 6.10 Å². The van der Waals surface area contributed by atoms with E-state index < -0.39 is 18.1 Å². The number of aliphatic hydroxyl groups excluding tert-OH is 1. The highest BCUT2D eigenvalue weighted by Crippen LogP contribution is 2.33. The van der Waals surface area contributed by atoms with Crippen LogP contribution in [0.3, 0.4) is 0 Å². The second kappa shape index (κ2) is 14.3. The average molecular weight is 556 g/mol. The van der Waals surface area contributed by atoms with Gasteiger partial charge >= 0.3 is 5.97 Å². The van der Waals surface area contributed by atoms with Gasteiger partial charge in [0, 0.05) is 19.1 Å². The summed E-state index contributed by atoms with van der Waals surface area (Å²) >= 11 is 0. The lowest BCUT2D eigenvalue weighted by atomic mass is 9.81. The molecule has 0 aromatic heterocycles. The smallest absolute Gasteiger partial charge is 0.311 e.